The number of amides is 4. The van der Waals surface area contributed by atoms with Crippen molar-refractivity contribution < 1.29 is 28.7 Å². The minimum absolute atomic E-state index is 0.313. The zero-order chi connectivity index (χ0) is 31.2. The van der Waals surface area contributed by atoms with Crippen molar-refractivity contribution in [2.75, 3.05) is 7.05 Å². The molecule has 0 radical (unpaired) electrons. The lowest BCUT2D eigenvalue weighted by Crippen LogP contribution is -2.24. The molecule has 0 saturated carbocycles. The van der Waals surface area contributed by atoms with Gasteiger partial charge in [-0.15, -0.1) is 0 Å². The summed E-state index contributed by atoms with van der Waals surface area (Å²) in [4.78, 5) is 52.1. The van der Waals surface area contributed by atoms with Gasteiger partial charge in [-0.05, 0) is 78.2 Å². The van der Waals surface area contributed by atoms with Gasteiger partial charge in [-0.3, -0.25) is 24.1 Å². The van der Waals surface area contributed by atoms with Crippen LogP contribution in [0.15, 0.2) is 97.2 Å². The minimum Gasteiger partial charge on any atom is -0.457 e. The molecule has 0 fully saturated rings. The van der Waals surface area contributed by atoms with Crippen LogP contribution in [-0.2, 0) is 5.41 Å². The van der Waals surface area contributed by atoms with Gasteiger partial charge in [0.15, 0.2) is 0 Å². The molecule has 0 saturated heterocycles. The molecule has 4 amide bonds. The Morgan fingerprint density at radius 1 is 0.591 bits per heavy atom. The van der Waals surface area contributed by atoms with Crippen LogP contribution in [0, 0.1) is 0 Å². The summed E-state index contributed by atoms with van der Waals surface area (Å²) in [5.41, 5.74) is 3.21. The Kier molecular flexibility index (Phi) is 7.13. The van der Waals surface area contributed by atoms with Crippen LogP contribution in [-0.4, -0.2) is 40.5 Å². The van der Waals surface area contributed by atoms with Crippen molar-refractivity contribution in [3.8, 4) is 23.0 Å². The second-order valence-corrected chi connectivity index (χ2v) is 11.2. The maximum atomic E-state index is 12.8. The third-order valence-electron chi connectivity index (χ3n) is 8.06. The van der Waals surface area contributed by atoms with E-state index in [4.69, 9.17) is 9.47 Å². The normalized spacial score (nSPS) is 14.5. The second-order valence-electron chi connectivity index (χ2n) is 11.2. The van der Waals surface area contributed by atoms with Crippen LogP contribution < -0.4 is 9.47 Å². The molecule has 4 aromatic rings. The standard InChI is InChI=1S/C36H30N2O6/c1-5-6-19-38-34(41)29-18-16-27(21-31(29)35(38)42)44-25-13-9-23(10-14-25)36(2,3)22-7-11-24(12-8-22)43-26-15-17-28-30(20-26)33(40)37(4)32(28)39/h6-21H,5H2,1-4H3/b19-6+. The summed E-state index contributed by atoms with van der Waals surface area (Å²) in [6.45, 7) is 6.19. The van der Waals surface area contributed by atoms with Gasteiger partial charge >= 0.3 is 0 Å². The fourth-order valence-electron chi connectivity index (χ4n) is 5.37. The molecule has 8 nitrogen and oxygen atoms in total. The molecule has 0 aromatic heterocycles. The molecule has 6 rings (SSSR count). The van der Waals surface area contributed by atoms with Crippen molar-refractivity contribution in [3.63, 3.8) is 0 Å². The fourth-order valence-corrected chi connectivity index (χ4v) is 5.37. The Morgan fingerprint density at radius 3 is 1.50 bits per heavy atom. The number of hydrogen-bond acceptors (Lipinski definition) is 6. The van der Waals surface area contributed by atoms with Crippen LogP contribution in [0.5, 0.6) is 23.0 Å². The number of hydrogen-bond donors (Lipinski definition) is 0. The summed E-state index contributed by atoms with van der Waals surface area (Å²) in [6.07, 6.45) is 4.01. The lowest BCUT2D eigenvalue weighted by Gasteiger charge is -2.26. The number of benzene rings is 4. The van der Waals surface area contributed by atoms with Crippen LogP contribution in [0.4, 0.5) is 0 Å². The van der Waals surface area contributed by atoms with Gasteiger partial charge < -0.3 is 9.47 Å². The molecule has 2 aliphatic rings. The van der Waals surface area contributed by atoms with Gasteiger partial charge in [-0.25, -0.2) is 4.90 Å². The van der Waals surface area contributed by atoms with E-state index in [9.17, 15) is 19.2 Å². The zero-order valence-corrected chi connectivity index (χ0v) is 24.8. The highest BCUT2D eigenvalue weighted by Gasteiger charge is 2.35. The number of carbonyl (C=O) groups excluding carboxylic acids is 4. The van der Waals surface area contributed by atoms with E-state index in [1.165, 1.54) is 13.2 Å². The Bertz CT molecular complexity index is 1850. The smallest absolute Gasteiger partial charge is 0.265 e. The van der Waals surface area contributed by atoms with Crippen molar-refractivity contribution in [1.29, 1.82) is 0 Å². The van der Waals surface area contributed by atoms with E-state index in [0.717, 1.165) is 27.3 Å². The number of rotatable bonds is 8. The second kappa shape index (κ2) is 11.0. The van der Waals surface area contributed by atoms with Crippen LogP contribution >= 0.6 is 0 Å². The molecule has 4 aromatic carbocycles. The summed E-state index contributed by atoms with van der Waals surface area (Å²) < 4.78 is 12.0. The molecule has 0 atom stereocenters. The number of allylic oxidation sites excluding steroid dienone is 1. The summed E-state index contributed by atoms with van der Waals surface area (Å²) >= 11 is 0. The highest BCUT2D eigenvalue weighted by molar-refractivity contribution is 6.22. The molecular weight excluding hydrogens is 556 g/mol. The van der Waals surface area contributed by atoms with Gasteiger partial charge in [0.25, 0.3) is 23.6 Å². The Morgan fingerprint density at radius 2 is 1.00 bits per heavy atom. The third kappa shape index (κ3) is 4.94. The van der Waals surface area contributed by atoms with Crippen LogP contribution in [0.3, 0.4) is 0 Å². The molecule has 220 valence electrons. The highest BCUT2D eigenvalue weighted by Crippen LogP contribution is 2.36. The average Bonchev–Trinajstić information content (AvgIpc) is 3.39. The molecule has 0 bridgehead atoms. The summed E-state index contributed by atoms with van der Waals surface area (Å²) in [5, 5.41) is 0. The van der Waals surface area contributed by atoms with Crippen molar-refractivity contribution in [1.82, 2.24) is 9.80 Å². The first-order chi connectivity index (χ1) is 21.1. The van der Waals surface area contributed by atoms with Gasteiger partial charge in [0, 0.05) is 18.7 Å². The quantitative estimate of drug-likeness (QED) is 0.201. The lowest BCUT2D eigenvalue weighted by atomic mass is 9.78. The number of imide groups is 2. The van der Waals surface area contributed by atoms with E-state index in [-0.39, 0.29) is 29.0 Å². The lowest BCUT2D eigenvalue weighted by molar-refractivity contribution is 0.0686. The highest BCUT2D eigenvalue weighted by atomic mass is 16.5. The van der Waals surface area contributed by atoms with Gasteiger partial charge in [0.05, 0.1) is 22.3 Å². The molecule has 2 heterocycles. The third-order valence-corrected chi connectivity index (χ3v) is 8.06. The van der Waals surface area contributed by atoms with E-state index < -0.39 is 0 Å². The SMILES string of the molecule is CC/C=C/N1C(=O)c2ccc(Oc3ccc(C(C)(C)c4ccc(Oc5ccc6c(c5)C(=O)N(C)C6=O)cc4)cc3)cc2C1=O. The molecule has 8 heteroatoms. The summed E-state index contributed by atoms with van der Waals surface area (Å²) in [7, 11) is 1.47. The zero-order valence-electron chi connectivity index (χ0n) is 24.8. The number of ether oxygens (including phenoxy) is 2. The Labute approximate surface area is 255 Å². The number of carbonyl (C=O) groups is 4. The molecule has 0 spiro atoms. The van der Waals surface area contributed by atoms with E-state index in [1.54, 1.807) is 42.5 Å². The monoisotopic (exact) mass is 586 g/mol. The van der Waals surface area contributed by atoms with E-state index in [0.29, 0.717) is 45.3 Å². The van der Waals surface area contributed by atoms with Gasteiger partial charge in [0.1, 0.15) is 23.0 Å². The minimum atomic E-state index is -0.361. The molecule has 2 aliphatic heterocycles. The van der Waals surface area contributed by atoms with Crippen LogP contribution in [0.25, 0.3) is 0 Å². The first-order valence-corrected chi connectivity index (χ1v) is 14.3. The molecule has 0 aliphatic carbocycles. The Hall–Kier alpha value is -5.50. The molecule has 0 unspecified atom stereocenters. The van der Waals surface area contributed by atoms with Crippen molar-refractivity contribution >= 4 is 23.6 Å². The fraction of sp³-hybridized carbons (Fsp3) is 0.167. The first kappa shape index (κ1) is 28.6. The van der Waals surface area contributed by atoms with Gasteiger partial charge in [0.2, 0.25) is 0 Å². The number of nitrogens with zero attached hydrogens (tertiary/aromatic N) is 2. The molecule has 0 N–H and O–H groups in total. The predicted molar refractivity (Wildman–Crippen MR) is 164 cm³/mol. The predicted octanol–water partition coefficient (Wildman–Crippen LogP) is 7.34. The number of fused-ring (bicyclic) bond motifs is 2. The molecule has 44 heavy (non-hydrogen) atoms. The summed E-state index contributed by atoms with van der Waals surface area (Å²) in [6, 6.07) is 25.3. The van der Waals surface area contributed by atoms with E-state index >= 15 is 0 Å². The van der Waals surface area contributed by atoms with Crippen molar-refractivity contribution in [2.45, 2.75) is 32.6 Å². The maximum absolute atomic E-state index is 12.8. The Balaban J connectivity index is 1.14. The van der Waals surface area contributed by atoms with Crippen molar-refractivity contribution in [3.05, 3.63) is 131 Å². The molecular formula is C36H30N2O6. The van der Waals surface area contributed by atoms with Crippen molar-refractivity contribution in [2.24, 2.45) is 0 Å². The first-order valence-electron chi connectivity index (χ1n) is 14.3. The average molecular weight is 587 g/mol. The van der Waals surface area contributed by atoms with Gasteiger partial charge in [-0.1, -0.05) is 51.1 Å². The maximum Gasteiger partial charge on any atom is 0.265 e. The van der Waals surface area contributed by atoms with Crippen LogP contribution in [0.2, 0.25) is 0 Å². The largest absolute Gasteiger partial charge is 0.457 e. The topological polar surface area (TPSA) is 93.2 Å². The van der Waals surface area contributed by atoms with Crippen LogP contribution in [0.1, 0.15) is 79.8 Å². The summed E-state index contributed by atoms with van der Waals surface area (Å²) in [5.74, 6) is 0.818. The van der Waals surface area contributed by atoms with E-state index in [1.807, 2.05) is 55.5 Å². The van der Waals surface area contributed by atoms with Gasteiger partial charge in [-0.2, -0.15) is 0 Å². The van der Waals surface area contributed by atoms with E-state index in [2.05, 4.69) is 13.8 Å².